The summed E-state index contributed by atoms with van der Waals surface area (Å²) in [5.41, 5.74) is 0. The molecule has 16 heavy (non-hydrogen) atoms. The molecule has 1 fully saturated rings. The molecule has 1 aromatic heterocycles. The first kappa shape index (κ1) is 12.5. The number of rotatable bonds is 3. The third kappa shape index (κ3) is 3.28. The Morgan fingerprint density at radius 2 is 2.56 bits per heavy atom. The van der Waals surface area contributed by atoms with Crippen molar-refractivity contribution in [1.82, 2.24) is 4.90 Å². The first-order chi connectivity index (χ1) is 7.65. The zero-order chi connectivity index (χ0) is 11.5. The van der Waals surface area contributed by atoms with Crippen LogP contribution in [0.4, 0.5) is 0 Å². The molecule has 0 aromatic carbocycles. The second-order valence-electron chi connectivity index (χ2n) is 4.17. The van der Waals surface area contributed by atoms with Gasteiger partial charge in [-0.05, 0) is 29.0 Å². The lowest BCUT2D eigenvalue weighted by Crippen LogP contribution is -2.46. The normalized spacial score (nSPS) is 24.6. The zero-order valence-corrected chi connectivity index (χ0v) is 11.6. The van der Waals surface area contributed by atoms with E-state index in [0.29, 0.717) is 13.0 Å². The molecule has 2 rings (SSSR count). The molecule has 1 N–H and O–H groups in total. The molecule has 90 valence electrons. The average Bonchev–Trinajstić information content (AvgIpc) is 2.64. The van der Waals surface area contributed by atoms with E-state index in [2.05, 4.69) is 33.9 Å². The Bertz CT molecular complexity index is 344. The van der Waals surface area contributed by atoms with Gasteiger partial charge in [-0.2, -0.15) is 0 Å². The van der Waals surface area contributed by atoms with Gasteiger partial charge in [0.2, 0.25) is 0 Å². The van der Waals surface area contributed by atoms with Crippen LogP contribution in [0.3, 0.4) is 0 Å². The molecule has 2 unspecified atom stereocenters. The maximum atomic E-state index is 10.1. The quantitative estimate of drug-likeness (QED) is 0.923. The van der Waals surface area contributed by atoms with E-state index < -0.39 is 6.10 Å². The van der Waals surface area contributed by atoms with Crippen LogP contribution in [0, 0.1) is 0 Å². The molecule has 1 aliphatic rings. The Morgan fingerprint density at radius 1 is 1.75 bits per heavy atom. The molecule has 0 spiro atoms. The summed E-state index contributed by atoms with van der Waals surface area (Å²) < 4.78 is 6.68. The number of morpholine rings is 1. The van der Waals surface area contributed by atoms with Gasteiger partial charge in [0.15, 0.2) is 0 Å². The van der Waals surface area contributed by atoms with E-state index in [1.165, 1.54) is 4.88 Å². The van der Waals surface area contributed by atoms with Crippen molar-refractivity contribution < 1.29 is 9.84 Å². The Hall–Kier alpha value is 0.0600. The summed E-state index contributed by atoms with van der Waals surface area (Å²) in [5.74, 6) is 0. The Morgan fingerprint density at radius 3 is 3.19 bits per heavy atom. The lowest BCUT2D eigenvalue weighted by molar-refractivity contribution is -0.0821. The monoisotopic (exact) mass is 305 g/mol. The second kappa shape index (κ2) is 5.60. The van der Waals surface area contributed by atoms with E-state index in [0.717, 1.165) is 17.6 Å². The fourth-order valence-electron chi connectivity index (χ4n) is 1.84. The van der Waals surface area contributed by atoms with E-state index >= 15 is 0 Å². The van der Waals surface area contributed by atoms with Crippen LogP contribution >= 0.6 is 27.3 Å². The predicted molar refractivity (Wildman–Crippen MR) is 69.0 cm³/mol. The van der Waals surface area contributed by atoms with Gasteiger partial charge in [0.1, 0.15) is 0 Å². The van der Waals surface area contributed by atoms with Gasteiger partial charge in [-0.15, -0.1) is 11.3 Å². The van der Waals surface area contributed by atoms with Crippen LogP contribution in [0.1, 0.15) is 4.88 Å². The number of halogens is 1. The molecular weight excluding hydrogens is 290 g/mol. The summed E-state index contributed by atoms with van der Waals surface area (Å²) in [6.07, 6.45) is 0.210. The summed E-state index contributed by atoms with van der Waals surface area (Å²) in [4.78, 5) is 3.39. The molecule has 0 aliphatic carbocycles. The summed E-state index contributed by atoms with van der Waals surface area (Å²) >= 11 is 5.08. The number of nitrogens with zero attached hydrogens (tertiary/aromatic N) is 1. The summed E-state index contributed by atoms with van der Waals surface area (Å²) in [6, 6.07) is 2.06. The standard InChI is InChI=1S/C11H16BrNO2S/c1-13-2-3-15-11(6-13)10(14)5-9-4-8(12)7-16-9/h4,7,10-11,14H,2-3,5-6H2,1H3. The van der Waals surface area contributed by atoms with E-state index in [1.54, 1.807) is 11.3 Å². The summed E-state index contributed by atoms with van der Waals surface area (Å²) in [7, 11) is 2.06. The van der Waals surface area contributed by atoms with Gasteiger partial charge in [0.05, 0.1) is 18.8 Å². The first-order valence-electron chi connectivity index (χ1n) is 5.36. The average molecular weight is 306 g/mol. The van der Waals surface area contributed by atoms with Crippen molar-refractivity contribution in [3.63, 3.8) is 0 Å². The van der Waals surface area contributed by atoms with Crippen LogP contribution in [-0.4, -0.2) is 49.0 Å². The SMILES string of the molecule is CN1CCOC(C(O)Cc2cc(Br)cs2)C1. The summed E-state index contributed by atoms with van der Waals surface area (Å²) in [6.45, 7) is 2.48. The van der Waals surface area contributed by atoms with Crippen molar-refractivity contribution in [2.75, 3.05) is 26.7 Å². The maximum Gasteiger partial charge on any atom is 0.0964 e. The fourth-order valence-corrected chi connectivity index (χ4v) is 3.34. The molecule has 2 atom stereocenters. The highest BCUT2D eigenvalue weighted by molar-refractivity contribution is 9.10. The largest absolute Gasteiger partial charge is 0.390 e. The predicted octanol–water partition coefficient (Wildman–Crippen LogP) is 1.74. The maximum absolute atomic E-state index is 10.1. The molecule has 1 aromatic rings. The van der Waals surface area contributed by atoms with Gasteiger partial charge < -0.3 is 14.7 Å². The minimum atomic E-state index is -0.409. The van der Waals surface area contributed by atoms with Crippen molar-refractivity contribution >= 4 is 27.3 Å². The number of aliphatic hydroxyl groups is 1. The molecule has 0 radical (unpaired) electrons. The fraction of sp³-hybridized carbons (Fsp3) is 0.636. The van der Waals surface area contributed by atoms with Gasteiger partial charge >= 0.3 is 0 Å². The molecular formula is C11H16BrNO2S. The highest BCUT2D eigenvalue weighted by Gasteiger charge is 2.25. The zero-order valence-electron chi connectivity index (χ0n) is 9.23. The molecule has 0 bridgehead atoms. The number of hydrogen-bond acceptors (Lipinski definition) is 4. The second-order valence-corrected chi connectivity index (χ2v) is 6.09. The highest BCUT2D eigenvalue weighted by Crippen LogP contribution is 2.22. The number of likely N-dealkylation sites (N-methyl/N-ethyl adjacent to an activating group) is 1. The molecule has 0 amide bonds. The third-order valence-electron chi connectivity index (χ3n) is 2.76. The highest BCUT2D eigenvalue weighted by atomic mass is 79.9. The summed E-state index contributed by atoms with van der Waals surface area (Å²) in [5, 5.41) is 12.1. The van der Waals surface area contributed by atoms with Gasteiger partial charge in [-0.1, -0.05) is 0 Å². The van der Waals surface area contributed by atoms with Crippen molar-refractivity contribution in [1.29, 1.82) is 0 Å². The molecule has 3 nitrogen and oxygen atoms in total. The number of hydrogen-bond donors (Lipinski definition) is 1. The van der Waals surface area contributed by atoms with Crippen LogP contribution in [-0.2, 0) is 11.2 Å². The molecule has 1 aliphatic heterocycles. The molecule has 2 heterocycles. The molecule has 1 saturated heterocycles. The number of aliphatic hydroxyl groups excluding tert-OH is 1. The minimum Gasteiger partial charge on any atom is -0.390 e. The molecule has 0 saturated carbocycles. The van der Waals surface area contributed by atoms with Gasteiger partial charge in [-0.25, -0.2) is 0 Å². The first-order valence-corrected chi connectivity index (χ1v) is 7.03. The topological polar surface area (TPSA) is 32.7 Å². The van der Waals surface area contributed by atoms with E-state index in [1.807, 2.05) is 5.38 Å². The van der Waals surface area contributed by atoms with E-state index in [-0.39, 0.29) is 6.10 Å². The minimum absolute atomic E-state index is 0.0559. The van der Waals surface area contributed by atoms with Crippen LogP contribution < -0.4 is 0 Å². The Labute approximate surface area is 108 Å². The van der Waals surface area contributed by atoms with Crippen molar-refractivity contribution in [2.45, 2.75) is 18.6 Å². The van der Waals surface area contributed by atoms with Gasteiger partial charge in [0.25, 0.3) is 0 Å². The van der Waals surface area contributed by atoms with Crippen LogP contribution in [0.25, 0.3) is 0 Å². The van der Waals surface area contributed by atoms with Crippen LogP contribution in [0.2, 0.25) is 0 Å². The van der Waals surface area contributed by atoms with Gasteiger partial charge in [0, 0.05) is 34.2 Å². The van der Waals surface area contributed by atoms with E-state index in [9.17, 15) is 5.11 Å². The lowest BCUT2D eigenvalue weighted by atomic mass is 10.1. The van der Waals surface area contributed by atoms with Crippen molar-refractivity contribution in [2.24, 2.45) is 0 Å². The number of ether oxygens (including phenoxy) is 1. The number of thiophene rings is 1. The van der Waals surface area contributed by atoms with Crippen LogP contribution in [0.15, 0.2) is 15.9 Å². The Balaban J connectivity index is 1.89. The Kier molecular flexibility index (Phi) is 4.38. The van der Waals surface area contributed by atoms with Crippen molar-refractivity contribution in [3.05, 3.63) is 20.8 Å². The third-order valence-corrected chi connectivity index (χ3v) is 4.48. The van der Waals surface area contributed by atoms with E-state index in [4.69, 9.17) is 4.74 Å². The van der Waals surface area contributed by atoms with Crippen molar-refractivity contribution in [3.8, 4) is 0 Å². The smallest absolute Gasteiger partial charge is 0.0964 e. The van der Waals surface area contributed by atoms with Gasteiger partial charge in [-0.3, -0.25) is 0 Å². The van der Waals surface area contributed by atoms with Crippen LogP contribution in [0.5, 0.6) is 0 Å². The lowest BCUT2D eigenvalue weighted by Gasteiger charge is -2.32. The molecule has 5 heteroatoms.